The molecule has 5 nitrogen and oxygen atoms in total. The van der Waals surface area contributed by atoms with Gasteiger partial charge in [0, 0.05) is 30.6 Å². The summed E-state index contributed by atoms with van der Waals surface area (Å²) in [6, 6.07) is 0. The van der Waals surface area contributed by atoms with Crippen molar-refractivity contribution < 1.29 is 22.7 Å². The lowest BCUT2D eigenvalue weighted by molar-refractivity contribution is -0.142. The van der Waals surface area contributed by atoms with Crippen LogP contribution in [0.3, 0.4) is 0 Å². The van der Waals surface area contributed by atoms with Crippen LogP contribution in [0, 0.1) is 5.92 Å². The molecule has 0 saturated heterocycles. The standard InChI is InChI=1S/C16H22F3N3O2/c17-16(18,19)15-12-10-24-8-5-13(12)22(21-15)7-6-20-14(23)9-11-3-1-2-4-11/h11H,1-10H2,(H,20,23). The van der Waals surface area contributed by atoms with Crippen molar-refractivity contribution in [2.24, 2.45) is 5.92 Å². The van der Waals surface area contributed by atoms with E-state index in [0.29, 0.717) is 31.1 Å². The lowest BCUT2D eigenvalue weighted by atomic mass is 10.0. The molecule has 3 rings (SSSR count). The van der Waals surface area contributed by atoms with Crippen LogP contribution in [-0.4, -0.2) is 28.8 Å². The third kappa shape index (κ3) is 3.91. The van der Waals surface area contributed by atoms with Gasteiger partial charge in [-0.05, 0) is 18.8 Å². The number of carbonyl (C=O) groups is 1. The fourth-order valence-corrected chi connectivity index (χ4v) is 3.57. The Balaban J connectivity index is 1.58. The second kappa shape index (κ2) is 7.13. The van der Waals surface area contributed by atoms with Crippen LogP contribution in [0.2, 0.25) is 0 Å². The van der Waals surface area contributed by atoms with Gasteiger partial charge in [-0.3, -0.25) is 9.48 Å². The van der Waals surface area contributed by atoms with Gasteiger partial charge in [-0.2, -0.15) is 18.3 Å². The van der Waals surface area contributed by atoms with Crippen molar-refractivity contribution in [3.63, 3.8) is 0 Å². The molecule has 134 valence electrons. The average Bonchev–Trinajstić information content (AvgIpc) is 3.15. The molecule has 0 aromatic carbocycles. The van der Waals surface area contributed by atoms with Crippen molar-refractivity contribution in [2.45, 2.75) is 57.9 Å². The second-order valence-corrected chi connectivity index (χ2v) is 6.50. The molecule has 8 heteroatoms. The topological polar surface area (TPSA) is 56.2 Å². The Bertz CT molecular complexity index is 592. The van der Waals surface area contributed by atoms with E-state index in [1.807, 2.05) is 0 Å². The quantitative estimate of drug-likeness (QED) is 0.893. The van der Waals surface area contributed by atoms with Crippen molar-refractivity contribution in [1.29, 1.82) is 0 Å². The minimum atomic E-state index is -4.48. The van der Waals surface area contributed by atoms with Crippen LogP contribution in [-0.2, 0) is 35.3 Å². The second-order valence-electron chi connectivity index (χ2n) is 6.50. The lowest BCUT2D eigenvalue weighted by Crippen LogP contribution is -2.29. The molecule has 0 atom stereocenters. The zero-order valence-electron chi connectivity index (χ0n) is 13.5. The van der Waals surface area contributed by atoms with Crippen LogP contribution in [0.25, 0.3) is 0 Å². The number of carbonyl (C=O) groups excluding carboxylic acids is 1. The molecule has 1 aromatic rings. The largest absolute Gasteiger partial charge is 0.435 e. The van der Waals surface area contributed by atoms with Gasteiger partial charge in [0.15, 0.2) is 5.69 Å². The van der Waals surface area contributed by atoms with E-state index >= 15 is 0 Å². The molecule has 1 N–H and O–H groups in total. The summed E-state index contributed by atoms with van der Waals surface area (Å²) in [5.74, 6) is 0.429. The maximum atomic E-state index is 13.1. The SMILES string of the molecule is O=C(CC1CCCC1)NCCn1nc(C(F)(F)F)c2c1CCOC2. The zero-order valence-corrected chi connectivity index (χ0v) is 13.5. The fourth-order valence-electron chi connectivity index (χ4n) is 3.57. The van der Waals surface area contributed by atoms with Gasteiger partial charge in [-0.1, -0.05) is 12.8 Å². The number of nitrogens with zero attached hydrogens (tertiary/aromatic N) is 2. The number of amides is 1. The monoisotopic (exact) mass is 345 g/mol. The summed E-state index contributed by atoms with van der Waals surface area (Å²) >= 11 is 0. The summed E-state index contributed by atoms with van der Waals surface area (Å²) in [7, 11) is 0. The van der Waals surface area contributed by atoms with E-state index in [-0.39, 0.29) is 31.2 Å². The molecule has 1 fully saturated rings. The molecule has 1 amide bonds. The van der Waals surface area contributed by atoms with E-state index in [9.17, 15) is 18.0 Å². The van der Waals surface area contributed by atoms with E-state index in [4.69, 9.17) is 4.74 Å². The molecule has 24 heavy (non-hydrogen) atoms. The molecule has 0 spiro atoms. The molecule has 0 radical (unpaired) electrons. The van der Waals surface area contributed by atoms with Crippen molar-refractivity contribution in [3.05, 3.63) is 17.0 Å². The Kier molecular flexibility index (Phi) is 5.12. The first-order valence-electron chi connectivity index (χ1n) is 8.45. The maximum absolute atomic E-state index is 13.1. The molecule has 1 aromatic heterocycles. The first-order valence-corrected chi connectivity index (χ1v) is 8.45. The summed E-state index contributed by atoms with van der Waals surface area (Å²) in [5, 5.41) is 6.52. The highest BCUT2D eigenvalue weighted by atomic mass is 19.4. The summed E-state index contributed by atoms with van der Waals surface area (Å²) in [6.07, 6.45) is 0.985. The number of halogens is 3. The highest BCUT2D eigenvalue weighted by molar-refractivity contribution is 5.76. The normalized spacial score (nSPS) is 18.6. The smallest absolute Gasteiger partial charge is 0.376 e. The molecule has 1 aliphatic carbocycles. The lowest BCUT2D eigenvalue weighted by Gasteiger charge is -2.16. The summed E-state index contributed by atoms with van der Waals surface area (Å²) in [6.45, 7) is 0.870. The number of nitrogens with one attached hydrogen (secondary N) is 1. The fraction of sp³-hybridized carbons (Fsp3) is 0.750. The number of hydrogen-bond acceptors (Lipinski definition) is 3. The first-order chi connectivity index (χ1) is 11.4. The van der Waals surface area contributed by atoms with Gasteiger partial charge in [0.2, 0.25) is 5.91 Å². The number of ether oxygens (including phenoxy) is 1. The molecule has 1 saturated carbocycles. The maximum Gasteiger partial charge on any atom is 0.435 e. The highest BCUT2D eigenvalue weighted by Crippen LogP contribution is 2.34. The third-order valence-corrected chi connectivity index (χ3v) is 4.76. The Labute approximate surface area is 138 Å². The van der Waals surface area contributed by atoms with Crippen LogP contribution in [0.5, 0.6) is 0 Å². The van der Waals surface area contributed by atoms with E-state index < -0.39 is 11.9 Å². The minimum Gasteiger partial charge on any atom is -0.376 e. The molecular formula is C16H22F3N3O2. The predicted molar refractivity (Wildman–Crippen MR) is 80.2 cm³/mol. The zero-order chi connectivity index (χ0) is 17.2. The molecular weight excluding hydrogens is 323 g/mol. The molecule has 0 bridgehead atoms. The molecule has 0 unspecified atom stereocenters. The number of rotatable bonds is 5. The minimum absolute atomic E-state index is 0.0256. The molecule has 1 aliphatic heterocycles. The number of aromatic nitrogens is 2. The Hall–Kier alpha value is -1.57. The van der Waals surface area contributed by atoms with Crippen molar-refractivity contribution >= 4 is 5.91 Å². The first kappa shape index (κ1) is 17.3. The van der Waals surface area contributed by atoms with Gasteiger partial charge in [0.1, 0.15) is 0 Å². The van der Waals surface area contributed by atoms with Gasteiger partial charge >= 0.3 is 6.18 Å². The van der Waals surface area contributed by atoms with Gasteiger partial charge in [0.25, 0.3) is 0 Å². The van der Waals surface area contributed by atoms with E-state index in [1.165, 1.54) is 17.5 Å². The van der Waals surface area contributed by atoms with Crippen LogP contribution in [0.4, 0.5) is 13.2 Å². The van der Waals surface area contributed by atoms with Gasteiger partial charge in [0.05, 0.1) is 19.8 Å². The summed E-state index contributed by atoms with van der Waals surface area (Å²) in [4.78, 5) is 11.9. The molecule has 2 heterocycles. The van der Waals surface area contributed by atoms with Gasteiger partial charge in [-0.15, -0.1) is 0 Å². The van der Waals surface area contributed by atoms with E-state index in [1.54, 1.807) is 0 Å². The Morgan fingerprint density at radius 3 is 2.79 bits per heavy atom. The van der Waals surface area contributed by atoms with E-state index in [0.717, 1.165) is 12.8 Å². The van der Waals surface area contributed by atoms with Crippen LogP contribution >= 0.6 is 0 Å². The van der Waals surface area contributed by atoms with Crippen LogP contribution < -0.4 is 5.32 Å². The number of alkyl halides is 3. The average molecular weight is 345 g/mol. The number of fused-ring (bicyclic) bond motifs is 1. The van der Waals surface area contributed by atoms with Gasteiger partial charge in [-0.25, -0.2) is 0 Å². The van der Waals surface area contributed by atoms with E-state index in [2.05, 4.69) is 10.4 Å². The van der Waals surface area contributed by atoms with Crippen LogP contribution in [0.15, 0.2) is 0 Å². The van der Waals surface area contributed by atoms with Crippen molar-refractivity contribution in [1.82, 2.24) is 15.1 Å². The van der Waals surface area contributed by atoms with Gasteiger partial charge < -0.3 is 10.1 Å². The Morgan fingerprint density at radius 1 is 1.33 bits per heavy atom. The van der Waals surface area contributed by atoms with Crippen molar-refractivity contribution in [2.75, 3.05) is 13.2 Å². The third-order valence-electron chi connectivity index (χ3n) is 4.76. The van der Waals surface area contributed by atoms with Crippen molar-refractivity contribution in [3.8, 4) is 0 Å². The highest BCUT2D eigenvalue weighted by Gasteiger charge is 2.39. The Morgan fingerprint density at radius 2 is 2.08 bits per heavy atom. The summed E-state index contributed by atoms with van der Waals surface area (Å²) < 4.78 is 45.7. The number of hydrogen-bond donors (Lipinski definition) is 1. The molecule has 2 aliphatic rings. The van der Waals surface area contributed by atoms with Crippen LogP contribution in [0.1, 0.15) is 49.1 Å². The summed E-state index contributed by atoms with van der Waals surface area (Å²) in [5.41, 5.74) is -0.167. The predicted octanol–water partition coefficient (Wildman–Crippen LogP) is 2.67.